The highest BCUT2D eigenvalue weighted by Crippen LogP contribution is 2.29. The van der Waals surface area contributed by atoms with E-state index in [9.17, 15) is 4.79 Å². The fraction of sp³-hybridized carbons (Fsp3) is 0.579. The number of hydrogen-bond donors (Lipinski definition) is 1. The third-order valence-corrected chi connectivity index (χ3v) is 5.28. The molecule has 2 heterocycles. The maximum Gasteiger partial charge on any atom is 0.317 e. The van der Waals surface area contributed by atoms with Gasteiger partial charge in [0.25, 0.3) is 0 Å². The minimum absolute atomic E-state index is 0.0747. The second-order valence-corrected chi connectivity index (χ2v) is 7.01. The van der Waals surface area contributed by atoms with Gasteiger partial charge in [0, 0.05) is 25.7 Å². The summed E-state index contributed by atoms with van der Waals surface area (Å²) in [7, 11) is 2.17. The fourth-order valence-corrected chi connectivity index (χ4v) is 4.05. The molecule has 0 saturated carbocycles. The maximum absolute atomic E-state index is 12.6. The maximum atomic E-state index is 12.6. The van der Waals surface area contributed by atoms with Gasteiger partial charge in [0.15, 0.2) is 0 Å². The number of fused-ring (bicyclic) bond motifs is 1. The Morgan fingerprint density at radius 1 is 1.38 bits per heavy atom. The van der Waals surface area contributed by atoms with Gasteiger partial charge in [0.1, 0.15) is 0 Å². The average molecular weight is 326 g/mol. The standard InChI is InChI=1S/C19H26N4O/c1-22-11-8-18-17(14-22)6-3-10-23(18)19(24)21-9-7-15-4-2-5-16(12-15)13-20/h2,4-5,12,17-18H,3,6-11,14H2,1H3,(H,21,24)/t17-,18+/m0/s1. The van der Waals surface area contributed by atoms with Crippen LogP contribution in [0.4, 0.5) is 4.79 Å². The molecule has 2 saturated heterocycles. The number of nitrogens with one attached hydrogen (secondary N) is 1. The molecule has 1 N–H and O–H groups in total. The summed E-state index contributed by atoms with van der Waals surface area (Å²) in [6.07, 6.45) is 4.18. The number of likely N-dealkylation sites (tertiary alicyclic amines) is 2. The Kier molecular flexibility index (Phi) is 5.37. The molecule has 2 aliphatic heterocycles. The Labute approximate surface area is 144 Å². The van der Waals surface area contributed by atoms with E-state index < -0.39 is 0 Å². The number of nitrogens with zero attached hydrogens (tertiary/aromatic N) is 3. The van der Waals surface area contributed by atoms with Crippen LogP contribution in [0, 0.1) is 17.2 Å². The van der Waals surface area contributed by atoms with Gasteiger partial charge in [-0.25, -0.2) is 4.79 Å². The second kappa shape index (κ2) is 7.67. The van der Waals surface area contributed by atoms with Crippen LogP contribution in [0.3, 0.4) is 0 Å². The van der Waals surface area contributed by atoms with Crippen molar-refractivity contribution in [2.24, 2.45) is 5.92 Å². The summed E-state index contributed by atoms with van der Waals surface area (Å²) >= 11 is 0. The van der Waals surface area contributed by atoms with Crippen LogP contribution in [-0.2, 0) is 6.42 Å². The van der Waals surface area contributed by atoms with Crippen LogP contribution >= 0.6 is 0 Å². The zero-order valence-electron chi connectivity index (χ0n) is 14.4. The van der Waals surface area contributed by atoms with Crippen molar-refractivity contribution in [2.75, 3.05) is 33.2 Å². The normalized spacial score (nSPS) is 24.1. The quantitative estimate of drug-likeness (QED) is 0.926. The number of carbonyl (C=O) groups excluding carboxylic acids is 1. The summed E-state index contributed by atoms with van der Waals surface area (Å²) in [4.78, 5) is 17.0. The van der Waals surface area contributed by atoms with Gasteiger partial charge in [-0.15, -0.1) is 0 Å². The molecule has 24 heavy (non-hydrogen) atoms. The number of benzene rings is 1. The number of urea groups is 1. The molecule has 0 radical (unpaired) electrons. The van der Waals surface area contributed by atoms with E-state index in [1.165, 1.54) is 6.42 Å². The molecule has 2 atom stereocenters. The van der Waals surface area contributed by atoms with Crippen molar-refractivity contribution in [2.45, 2.75) is 31.7 Å². The number of nitriles is 1. The second-order valence-electron chi connectivity index (χ2n) is 7.01. The lowest BCUT2D eigenvalue weighted by molar-refractivity contribution is 0.0534. The van der Waals surface area contributed by atoms with E-state index in [4.69, 9.17) is 5.26 Å². The number of hydrogen-bond acceptors (Lipinski definition) is 3. The van der Waals surface area contributed by atoms with Gasteiger partial charge >= 0.3 is 6.03 Å². The summed E-state index contributed by atoms with van der Waals surface area (Å²) in [6, 6.07) is 10.2. The van der Waals surface area contributed by atoms with E-state index in [0.717, 1.165) is 44.5 Å². The van der Waals surface area contributed by atoms with Gasteiger partial charge in [-0.1, -0.05) is 12.1 Å². The summed E-state index contributed by atoms with van der Waals surface area (Å²) in [5.74, 6) is 0.621. The van der Waals surface area contributed by atoms with Crippen molar-refractivity contribution in [1.29, 1.82) is 5.26 Å². The third-order valence-electron chi connectivity index (χ3n) is 5.28. The molecule has 0 aliphatic carbocycles. The lowest BCUT2D eigenvalue weighted by Crippen LogP contribution is -2.57. The van der Waals surface area contributed by atoms with Gasteiger partial charge in [0.05, 0.1) is 11.6 Å². The molecule has 1 aromatic rings. The van der Waals surface area contributed by atoms with E-state index in [-0.39, 0.29) is 6.03 Å². The largest absolute Gasteiger partial charge is 0.338 e. The first-order valence-corrected chi connectivity index (χ1v) is 8.89. The molecule has 128 valence electrons. The zero-order chi connectivity index (χ0) is 16.9. The minimum atomic E-state index is 0.0747. The Morgan fingerprint density at radius 2 is 2.25 bits per heavy atom. The molecule has 1 aromatic carbocycles. The van der Waals surface area contributed by atoms with E-state index in [1.807, 2.05) is 18.2 Å². The average Bonchev–Trinajstić information content (AvgIpc) is 2.61. The first-order chi connectivity index (χ1) is 11.7. The van der Waals surface area contributed by atoms with Crippen LogP contribution in [0.5, 0.6) is 0 Å². The molecule has 0 aromatic heterocycles. The van der Waals surface area contributed by atoms with Gasteiger partial charge in [0.2, 0.25) is 0 Å². The highest BCUT2D eigenvalue weighted by molar-refractivity contribution is 5.74. The van der Waals surface area contributed by atoms with Gasteiger partial charge in [-0.3, -0.25) is 0 Å². The molecule has 0 unspecified atom stereocenters. The molecule has 5 heteroatoms. The zero-order valence-corrected chi connectivity index (χ0v) is 14.4. The lowest BCUT2D eigenvalue weighted by Gasteiger charge is -2.46. The van der Waals surface area contributed by atoms with Crippen molar-refractivity contribution < 1.29 is 4.79 Å². The summed E-state index contributed by atoms with van der Waals surface area (Å²) in [6.45, 7) is 3.67. The van der Waals surface area contributed by atoms with E-state index >= 15 is 0 Å². The van der Waals surface area contributed by atoms with Crippen LogP contribution in [0.2, 0.25) is 0 Å². The fourth-order valence-electron chi connectivity index (χ4n) is 4.05. The monoisotopic (exact) mass is 326 g/mol. The van der Waals surface area contributed by atoms with E-state index in [0.29, 0.717) is 24.1 Å². The Hall–Kier alpha value is -2.06. The first-order valence-electron chi connectivity index (χ1n) is 8.89. The van der Waals surface area contributed by atoms with E-state index in [2.05, 4.69) is 28.2 Å². The third kappa shape index (κ3) is 3.88. The molecular formula is C19H26N4O. The van der Waals surface area contributed by atoms with Crippen LogP contribution < -0.4 is 5.32 Å². The molecule has 0 bridgehead atoms. The molecule has 3 rings (SSSR count). The topological polar surface area (TPSA) is 59.4 Å². The Morgan fingerprint density at radius 3 is 3.08 bits per heavy atom. The molecule has 2 fully saturated rings. The van der Waals surface area contributed by atoms with Gasteiger partial charge in [-0.2, -0.15) is 5.26 Å². The predicted molar refractivity (Wildman–Crippen MR) is 93.6 cm³/mol. The van der Waals surface area contributed by atoms with Crippen LogP contribution in [-0.4, -0.2) is 55.1 Å². The van der Waals surface area contributed by atoms with Crippen LogP contribution in [0.25, 0.3) is 0 Å². The highest BCUT2D eigenvalue weighted by Gasteiger charge is 2.37. The molecule has 2 aliphatic rings. The predicted octanol–water partition coefficient (Wildman–Crippen LogP) is 2.23. The van der Waals surface area contributed by atoms with Crippen molar-refractivity contribution in [3.63, 3.8) is 0 Å². The lowest BCUT2D eigenvalue weighted by atomic mass is 9.84. The Balaban J connectivity index is 1.52. The summed E-state index contributed by atoms with van der Waals surface area (Å²) in [5.41, 5.74) is 1.76. The van der Waals surface area contributed by atoms with Crippen LogP contribution in [0.1, 0.15) is 30.4 Å². The first kappa shape index (κ1) is 16.8. The number of rotatable bonds is 3. The van der Waals surface area contributed by atoms with E-state index in [1.54, 1.807) is 6.07 Å². The minimum Gasteiger partial charge on any atom is -0.338 e. The molecule has 5 nitrogen and oxygen atoms in total. The SMILES string of the molecule is CN1CC[C@@H]2[C@@H](CCCN2C(=O)NCCc2cccc(C#N)c2)C1. The van der Waals surface area contributed by atoms with Crippen molar-refractivity contribution in [1.82, 2.24) is 15.1 Å². The number of carbonyl (C=O) groups is 1. The number of piperidine rings is 2. The highest BCUT2D eigenvalue weighted by atomic mass is 16.2. The van der Waals surface area contributed by atoms with Crippen molar-refractivity contribution in [3.8, 4) is 6.07 Å². The van der Waals surface area contributed by atoms with Gasteiger partial charge in [-0.05, 0) is 62.9 Å². The summed E-state index contributed by atoms with van der Waals surface area (Å²) in [5, 5.41) is 12.0. The Bertz CT molecular complexity index is 624. The molecule has 0 spiro atoms. The number of amides is 2. The van der Waals surface area contributed by atoms with Crippen molar-refractivity contribution >= 4 is 6.03 Å². The van der Waals surface area contributed by atoms with Gasteiger partial charge < -0.3 is 15.1 Å². The van der Waals surface area contributed by atoms with Crippen LogP contribution in [0.15, 0.2) is 24.3 Å². The molecule has 2 amide bonds. The molecular weight excluding hydrogens is 300 g/mol. The smallest absolute Gasteiger partial charge is 0.317 e. The summed E-state index contributed by atoms with van der Waals surface area (Å²) < 4.78 is 0. The van der Waals surface area contributed by atoms with Crippen molar-refractivity contribution in [3.05, 3.63) is 35.4 Å².